The lowest BCUT2D eigenvalue weighted by Crippen LogP contribution is -2.33. The van der Waals surface area contributed by atoms with Gasteiger partial charge in [0.2, 0.25) is 0 Å². The molecular weight excluding hydrogens is 324 g/mol. The summed E-state index contributed by atoms with van der Waals surface area (Å²) in [4.78, 5) is 25.2. The Bertz CT molecular complexity index is 795. The van der Waals surface area contributed by atoms with Crippen molar-refractivity contribution in [2.24, 2.45) is 0 Å². The summed E-state index contributed by atoms with van der Waals surface area (Å²) in [7, 11) is 0. The second-order valence-electron chi connectivity index (χ2n) is 7.16. The summed E-state index contributed by atoms with van der Waals surface area (Å²) in [5, 5.41) is 0. The second-order valence-corrected chi connectivity index (χ2v) is 8.38. The molecule has 0 aliphatic carbocycles. The number of thioether (sulfide) groups is 1. The van der Waals surface area contributed by atoms with Gasteiger partial charge in [0.1, 0.15) is 12.1 Å². The van der Waals surface area contributed by atoms with Crippen LogP contribution in [0, 0.1) is 0 Å². The average Bonchev–Trinajstić information content (AvgIpc) is 2.79. The molecule has 3 rings (SSSR count). The number of benzene rings is 1. The molecule has 0 spiro atoms. The molecule has 1 aromatic heterocycles. The Hall–Kier alpha value is -1.69. The molecule has 0 unspecified atom stereocenters. The highest BCUT2D eigenvalue weighted by Crippen LogP contribution is 2.29. The van der Waals surface area contributed by atoms with Gasteiger partial charge in [-0.05, 0) is 57.3 Å². The number of hydrogen-bond donors (Lipinski definition) is 0. The molecule has 0 atom stereocenters. The third-order valence-corrected chi connectivity index (χ3v) is 5.18. The van der Waals surface area contributed by atoms with E-state index in [9.17, 15) is 9.59 Å². The maximum absolute atomic E-state index is 13.0. The lowest BCUT2D eigenvalue weighted by molar-refractivity contribution is -0.155. The topological polar surface area (TPSA) is 53.2 Å². The van der Waals surface area contributed by atoms with Gasteiger partial charge in [0, 0.05) is 6.04 Å². The number of ether oxygens (including phenoxy) is 1. The van der Waals surface area contributed by atoms with Crippen molar-refractivity contribution in [3.63, 3.8) is 0 Å². The predicted octanol–water partition coefficient (Wildman–Crippen LogP) is 3.21. The molecule has 24 heavy (non-hydrogen) atoms. The van der Waals surface area contributed by atoms with E-state index in [4.69, 9.17) is 4.74 Å². The van der Waals surface area contributed by atoms with Gasteiger partial charge in [-0.25, -0.2) is 4.79 Å². The molecule has 2 aromatic rings. The van der Waals surface area contributed by atoms with E-state index in [1.165, 1.54) is 0 Å². The fraction of sp³-hybridized carbons (Fsp3) is 0.556. The molecule has 1 fully saturated rings. The summed E-state index contributed by atoms with van der Waals surface area (Å²) >= 11 is 1.93. The van der Waals surface area contributed by atoms with E-state index in [0.717, 1.165) is 35.4 Å². The molecular formula is C18H24N2O3S. The van der Waals surface area contributed by atoms with Crippen LogP contribution in [0.4, 0.5) is 0 Å². The van der Waals surface area contributed by atoms with Crippen molar-refractivity contribution in [2.45, 2.75) is 51.8 Å². The normalized spacial score (nSPS) is 16.5. The predicted molar refractivity (Wildman–Crippen MR) is 97.6 cm³/mol. The van der Waals surface area contributed by atoms with Gasteiger partial charge in [-0.3, -0.25) is 13.9 Å². The first-order chi connectivity index (χ1) is 11.4. The van der Waals surface area contributed by atoms with E-state index in [0.29, 0.717) is 0 Å². The molecule has 1 aliphatic heterocycles. The molecule has 0 N–H and O–H groups in total. The quantitative estimate of drug-likeness (QED) is 0.799. The molecule has 0 radical (unpaired) electrons. The van der Waals surface area contributed by atoms with E-state index >= 15 is 0 Å². The van der Waals surface area contributed by atoms with E-state index in [1.54, 1.807) is 4.57 Å². The van der Waals surface area contributed by atoms with E-state index in [2.05, 4.69) is 0 Å². The van der Waals surface area contributed by atoms with Crippen LogP contribution in [0.15, 0.2) is 29.1 Å². The lowest BCUT2D eigenvalue weighted by atomic mass is 10.1. The Kier molecular flexibility index (Phi) is 4.76. The number of rotatable bonds is 3. The average molecular weight is 348 g/mol. The molecule has 0 bridgehead atoms. The number of esters is 1. The highest BCUT2D eigenvalue weighted by molar-refractivity contribution is 7.99. The Morgan fingerprint density at radius 2 is 1.83 bits per heavy atom. The molecule has 0 amide bonds. The van der Waals surface area contributed by atoms with Crippen molar-refractivity contribution in [3.05, 3.63) is 34.7 Å². The molecule has 1 aromatic carbocycles. The second kappa shape index (κ2) is 6.67. The molecule has 6 heteroatoms. The third kappa shape index (κ3) is 3.53. The number of carbonyl (C=O) groups excluding carboxylic acids is 1. The van der Waals surface area contributed by atoms with Crippen LogP contribution in [0.2, 0.25) is 0 Å². The molecule has 5 nitrogen and oxygen atoms in total. The van der Waals surface area contributed by atoms with Gasteiger partial charge in [-0.1, -0.05) is 12.1 Å². The van der Waals surface area contributed by atoms with Crippen LogP contribution in [0.1, 0.15) is 39.7 Å². The maximum Gasteiger partial charge on any atom is 0.329 e. The number of carbonyl (C=O) groups is 1. The van der Waals surface area contributed by atoms with Crippen molar-refractivity contribution >= 4 is 28.8 Å². The molecule has 2 heterocycles. The minimum absolute atomic E-state index is 0.0505. The first kappa shape index (κ1) is 17.1. The van der Waals surface area contributed by atoms with Crippen LogP contribution in [-0.4, -0.2) is 32.2 Å². The monoisotopic (exact) mass is 348 g/mol. The van der Waals surface area contributed by atoms with Gasteiger partial charge >= 0.3 is 11.7 Å². The van der Waals surface area contributed by atoms with Crippen molar-refractivity contribution in [3.8, 4) is 0 Å². The Morgan fingerprint density at radius 3 is 2.46 bits per heavy atom. The molecule has 1 aliphatic rings. The van der Waals surface area contributed by atoms with Crippen LogP contribution in [0.3, 0.4) is 0 Å². The van der Waals surface area contributed by atoms with Crippen molar-refractivity contribution in [1.29, 1.82) is 0 Å². The van der Waals surface area contributed by atoms with Gasteiger partial charge in [0.05, 0.1) is 11.0 Å². The summed E-state index contributed by atoms with van der Waals surface area (Å²) in [6.45, 7) is 5.44. The summed E-state index contributed by atoms with van der Waals surface area (Å²) in [6.07, 6.45) is 1.98. The van der Waals surface area contributed by atoms with Crippen LogP contribution in [0.25, 0.3) is 11.0 Å². The van der Waals surface area contributed by atoms with Gasteiger partial charge < -0.3 is 4.74 Å². The van der Waals surface area contributed by atoms with Crippen molar-refractivity contribution in [1.82, 2.24) is 9.13 Å². The number of hydrogen-bond acceptors (Lipinski definition) is 4. The first-order valence-electron chi connectivity index (χ1n) is 8.36. The zero-order valence-electron chi connectivity index (χ0n) is 14.4. The molecule has 0 saturated carbocycles. The van der Waals surface area contributed by atoms with Crippen molar-refractivity contribution in [2.75, 3.05) is 11.5 Å². The summed E-state index contributed by atoms with van der Waals surface area (Å²) < 4.78 is 8.81. The van der Waals surface area contributed by atoms with Crippen LogP contribution in [-0.2, 0) is 16.1 Å². The van der Waals surface area contributed by atoms with Crippen LogP contribution in [0.5, 0.6) is 0 Å². The summed E-state index contributed by atoms with van der Waals surface area (Å²) in [5.41, 5.74) is 1.04. The smallest absolute Gasteiger partial charge is 0.329 e. The van der Waals surface area contributed by atoms with Gasteiger partial charge in [-0.15, -0.1) is 0 Å². The molecule has 1 saturated heterocycles. The van der Waals surface area contributed by atoms with Gasteiger partial charge in [0.15, 0.2) is 0 Å². The van der Waals surface area contributed by atoms with Crippen LogP contribution >= 0.6 is 11.8 Å². The minimum Gasteiger partial charge on any atom is -0.459 e. The lowest BCUT2D eigenvalue weighted by Gasteiger charge is -2.22. The SMILES string of the molecule is CC(C)(C)OC(=O)Cn1c(=O)n(C2CCSCC2)c2ccccc21. The zero-order valence-corrected chi connectivity index (χ0v) is 15.3. The third-order valence-electron chi connectivity index (χ3n) is 4.13. The number of aromatic nitrogens is 2. The highest BCUT2D eigenvalue weighted by Gasteiger charge is 2.24. The van der Waals surface area contributed by atoms with E-state index in [1.807, 2.05) is 61.4 Å². The van der Waals surface area contributed by atoms with E-state index in [-0.39, 0.29) is 24.2 Å². The Balaban J connectivity index is 2.00. The summed E-state index contributed by atoms with van der Waals surface area (Å²) in [6, 6.07) is 7.91. The van der Waals surface area contributed by atoms with Crippen molar-refractivity contribution < 1.29 is 9.53 Å². The largest absolute Gasteiger partial charge is 0.459 e. The minimum atomic E-state index is -0.556. The fourth-order valence-electron chi connectivity index (χ4n) is 3.18. The van der Waals surface area contributed by atoms with E-state index < -0.39 is 5.60 Å². The number of imidazole rings is 1. The number of nitrogens with zero attached hydrogens (tertiary/aromatic N) is 2. The summed E-state index contributed by atoms with van der Waals surface area (Å²) in [5.74, 6) is 1.76. The Labute approximate surface area is 146 Å². The number of fused-ring (bicyclic) bond motifs is 1. The number of para-hydroxylation sites is 2. The first-order valence-corrected chi connectivity index (χ1v) is 9.51. The maximum atomic E-state index is 13.0. The highest BCUT2D eigenvalue weighted by atomic mass is 32.2. The Morgan fingerprint density at radius 1 is 1.21 bits per heavy atom. The van der Waals surface area contributed by atoms with Gasteiger partial charge in [-0.2, -0.15) is 11.8 Å². The zero-order chi connectivity index (χ0) is 17.3. The fourth-order valence-corrected chi connectivity index (χ4v) is 4.27. The standard InChI is InChI=1S/C18H24N2O3S/c1-18(2,3)23-16(21)12-19-14-6-4-5-7-15(14)20(17(19)22)13-8-10-24-11-9-13/h4-7,13H,8-12H2,1-3H3. The van der Waals surface area contributed by atoms with Crippen LogP contribution < -0.4 is 5.69 Å². The molecule has 130 valence electrons. The van der Waals surface area contributed by atoms with Gasteiger partial charge in [0.25, 0.3) is 0 Å².